The molecule has 0 aliphatic rings. The molecule has 116 valence electrons. The van der Waals surface area contributed by atoms with Crippen molar-refractivity contribution in [3.8, 4) is 5.75 Å². The van der Waals surface area contributed by atoms with E-state index in [0.717, 1.165) is 0 Å². The molecular formula is C13H7ClF6MgO. The van der Waals surface area contributed by atoms with Crippen LogP contribution < -0.4 is 17.1 Å². The molecule has 0 saturated carbocycles. The molecule has 2 rings (SSSR count). The molecule has 0 aliphatic carbocycles. The third-order valence-corrected chi connectivity index (χ3v) is 2.47. The van der Waals surface area contributed by atoms with Crippen LogP contribution in [0.5, 0.6) is 5.75 Å². The Hall–Kier alpha value is -0.864. The van der Waals surface area contributed by atoms with Gasteiger partial charge in [0.05, 0.1) is 23.5 Å². The normalized spacial score (nSPS) is 10.4. The van der Waals surface area contributed by atoms with Gasteiger partial charge in [-0.05, 0) is 19.2 Å². The Bertz CT molecular complexity index is 707. The van der Waals surface area contributed by atoms with Crippen molar-refractivity contribution in [2.24, 2.45) is 0 Å². The summed E-state index contributed by atoms with van der Waals surface area (Å²) in [5.74, 6) is -12.6. The van der Waals surface area contributed by atoms with Crippen molar-refractivity contribution >= 4 is 33.8 Å². The van der Waals surface area contributed by atoms with E-state index in [0.29, 0.717) is 0 Å². The maximum Gasteiger partial charge on any atom is 2.00 e. The smallest absolute Gasteiger partial charge is 1.00 e. The van der Waals surface area contributed by atoms with Crippen LogP contribution in [-0.2, 0) is 0 Å². The van der Waals surface area contributed by atoms with E-state index < -0.39 is 57.5 Å². The summed E-state index contributed by atoms with van der Waals surface area (Å²) in [5.41, 5.74) is 0. The zero-order valence-electron chi connectivity index (χ0n) is 11.3. The van der Waals surface area contributed by atoms with E-state index in [2.05, 4.69) is 0 Å². The minimum Gasteiger partial charge on any atom is -1.00 e. The van der Waals surface area contributed by atoms with Crippen molar-refractivity contribution in [3.63, 3.8) is 0 Å². The van der Waals surface area contributed by atoms with Crippen molar-refractivity contribution in [3.05, 3.63) is 41.0 Å². The molecular weight excluding hydrogens is 346 g/mol. The molecule has 0 bridgehead atoms. The summed E-state index contributed by atoms with van der Waals surface area (Å²) in [7, 11) is 0. The quantitative estimate of drug-likeness (QED) is 0.256. The Morgan fingerprint density at radius 2 is 1.23 bits per heavy atom. The number of benzene rings is 2. The molecule has 0 radical (unpaired) electrons. The Morgan fingerprint density at radius 1 is 0.773 bits per heavy atom. The van der Waals surface area contributed by atoms with Crippen LogP contribution in [0, 0.1) is 41.0 Å². The minimum atomic E-state index is -2.22. The predicted octanol–water partition coefficient (Wildman–Crippen LogP) is 0.885. The van der Waals surface area contributed by atoms with Crippen molar-refractivity contribution in [1.29, 1.82) is 0 Å². The molecule has 0 heterocycles. The fourth-order valence-corrected chi connectivity index (χ4v) is 1.65. The molecule has 2 aromatic rings. The first-order valence-electron chi connectivity index (χ1n) is 5.48. The average molecular weight is 353 g/mol. The van der Waals surface area contributed by atoms with E-state index in [1.807, 2.05) is 6.07 Å². The Morgan fingerprint density at radius 3 is 1.73 bits per heavy atom. The number of fused-ring (bicyclic) bond motifs is 1. The molecule has 0 amide bonds. The SMILES string of the molecule is CC(C)Oc1[c-]c2c(F)c(F)c(F)c(F)c2c(F)c1F.[Cl-].[Mg+2]. The fraction of sp³-hybridized carbons (Fsp3) is 0.231. The van der Waals surface area contributed by atoms with Crippen molar-refractivity contribution in [1.82, 2.24) is 0 Å². The first-order chi connectivity index (χ1) is 9.25. The zero-order valence-corrected chi connectivity index (χ0v) is 13.5. The van der Waals surface area contributed by atoms with Crippen LogP contribution in [0.2, 0.25) is 0 Å². The molecule has 9 heteroatoms. The Kier molecular flexibility index (Phi) is 7.31. The molecule has 0 aliphatic heterocycles. The van der Waals surface area contributed by atoms with E-state index >= 15 is 0 Å². The minimum absolute atomic E-state index is 0. The van der Waals surface area contributed by atoms with Crippen LogP contribution in [0.1, 0.15) is 13.8 Å². The van der Waals surface area contributed by atoms with Gasteiger partial charge in [0.2, 0.25) is 0 Å². The molecule has 0 N–H and O–H groups in total. The first-order valence-corrected chi connectivity index (χ1v) is 5.48. The third-order valence-electron chi connectivity index (χ3n) is 2.47. The molecule has 0 aromatic heterocycles. The van der Waals surface area contributed by atoms with E-state index in [1.165, 1.54) is 13.8 Å². The molecule has 1 nitrogen and oxygen atoms in total. The van der Waals surface area contributed by atoms with Crippen LogP contribution in [0.3, 0.4) is 0 Å². The van der Waals surface area contributed by atoms with Crippen molar-refractivity contribution in [2.45, 2.75) is 20.0 Å². The van der Waals surface area contributed by atoms with Crippen LogP contribution >= 0.6 is 0 Å². The second-order valence-electron chi connectivity index (χ2n) is 4.25. The van der Waals surface area contributed by atoms with Gasteiger partial charge in [-0.25, -0.2) is 17.6 Å². The van der Waals surface area contributed by atoms with Crippen LogP contribution in [0.15, 0.2) is 0 Å². The maximum absolute atomic E-state index is 13.7. The largest absolute Gasteiger partial charge is 2.00 e. The van der Waals surface area contributed by atoms with Gasteiger partial charge in [-0.3, -0.25) is 8.78 Å². The topological polar surface area (TPSA) is 9.23 Å². The molecule has 0 unspecified atom stereocenters. The molecule has 0 saturated heterocycles. The zero-order chi connectivity index (χ0) is 15.2. The molecule has 0 spiro atoms. The summed E-state index contributed by atoms with van der Waals surface area (Å²) in [5, 5.41) is -2.41. The summed E-state index contributed by atoms with van der Waals surface area (Å²) in [6, 6.07) is 1.89. The molecule has 0 atom stereocenters. The van der Waals surface area contributed by atoms with Gasteiger partial charge >= 0.3 is 23.1 Å². The first kappa shape index (κ1) is 21.1. The van der Waals surface area contributed by atoms with Crippen LogP contribution in [-0.4, -0.2) is 29.2 Å². The van der Waals surface area contributed by atoms with Crippen molar-refractivity contribution < 1.29 is 43.5 Å². The number of hydrogen-bond donors (Lipinski definition) is 0. The monoisotopic (exact) mass is 352 g/mol. The van der Waals surface area contributed by atoms with Gasteiger partial charge < -0.3 is 17.1 Å². The van der Waals surface area contributed by atoms with Crippen LogP contribution in [0.25, 0.3) is 10.8 Å². The molecule has 0 fully saturated rings. The summed E-state index contributed by atoms with van der Waals surface area (Å²) in [6.07, 6.45) is -0.615. The maximum atomic E-state index is 13.7. The second-order valence-corrected chi connectivity index (χ2v) is 4.25. The van der Waals surface area contributed by atoms with Crippen molar-refractivity contribution in [2.75, 3.05) is 0 Å². The van der Waals surface area contributed by atoms with Gasteiger partial charge in [-0.15, -0.1) is 0 Å². The molecule has 2 aromatic carbocycles. The Balaban J connectivity index is 0.00000220. The van der Waals surface area contributed by atoms with E-state index in [9.17, 15) is 26.3 Å². The second kappa shape index (κ2) is 7.61. The number of ether oxygens (including phenoxy) is 1. The average Bonchev–Trinajstić information content (AvgIpc) is 2.38. The predicted molar refractivity (Wildman–Crippen MR) is 64.0 cm³/mol. The van der Waals surface area contributed by atoms with E-state index in [4.69, 9.17) is 4.74 Å². The number of rotatable bonds is 2. The van der Waals surface area contributed by atoms with E-state index in [-0.39, 0.29) is 35.5 Å². The van der Waals surface area contributed by atoms with Gasteiger partial charge in [0.15, 0.2) is 11.6 Å². The summed E-state index contributed by atoms with van der Waals surface area (Å²) in [4.78, 5) is 0. The summed E-state index contributed by atoms with van der Waals surface area (Å²) in [6.45, 7) is 2.94. The van der Waals surface area contributed by atoms with Crippen LogP contribution in [0.4, 0.5) is 26.3 Å². The Labute approximate surface area is 144 Å². The van der Waals surface area contributed by atoms with Gasteiger partial charge in [0, 0.05) is 0 Å². The molecule has 22 heavy (non-hydrogen) atoms. The van der Waals surface area contributed by atoms with Gasteiger partial charge in [0.25, 0.3) is 0 Å². The van der Waals surface area contributed by atoms with E-state index in [1.54, 1.807) is 0 Å². The van der Waals surface area contributed by atoms with Gasteiger partial charge in [0.1, 0.15) is 11.6 Å². The standard InChI is InChI=1S/C13H7F6O.ClH.Mg/c1-4(2)20-6-3-5-7(10(16)9(6)15)11(17)13(19)12(18)8(5)14;;/h4H,1-2H3;1H;/q-1;;+2/p-1. The summed E-state index contributed by atoms with van der Waals surface area (Å²) >= 11 is 0. The van der Waals surface area contributed by atoms with Gasteiger partial charge in [-0.1, -0.05) is 11.5 Å². The summed E-state index contributed by atoms with van der Waals surface area (Å²) < 4.78 is 85.1. The third kappa shape index (κ3) is 3.38. The number of halogens is 7. The fourth-order valence-electron chi connectivity index (χ4n) is 1.65. The van der Waals surface area contributed by atoms with Gasteiger partial charge in [-0.2, -0.15) is 0 Å². The number of hydrogen-bond acceptors (Lipinski definition) is 1.